The highest BCUT2D eigenvalue weighted by molar-refractivity contribution is 5.76. The number of carbonyl (C=O) groups is 2. The number of aliphatic hydroxyl groups excluding tert-OH is 2. The zero-order valence-electron chi connectivity index (χ0n) is 62.8. The van der Waals surface area contributed by atoms with E-state index in [-0.39, 0.29) is 18.5 Å². The summed E-state index contributed by atoms with van der Waals surface area (Å²) in [6.07, 6.45) is 106. The van der Waals surface area contributed by atoms with E-state index < -0.39 is 12.1 Å². The van der Waals surface area contributed by atoms with Gasteiger partial charge in [0.15, 0.2) is 0 Å². The topological polar surface area (TPSA) is 95.9 Å². The molecule has 0 bridgehead atoms. The molecular weight excluding hydrogens is 1130 g/mol. The molecule has 0 aromatic rings. The van der Waals surface area contributed by atoms with Crippen molar-refractivity contribution in [3.05, 3.63) is 24.3 Å². The van der Waals surface area contributed by atoms with E-state index in [9.17, 15) is 19.8 Å². The van der Waals surface area contributed by atoms with Crippen molar-refractivity contribution in [3.63, 3.8) is 0 Å². The molecular formula is C86H167NO5. The van der Waals surface area contributed by atoms with Crippen molar-refractivity contribution < 1.29 is 24.5 Å². The Hall–Kier alpha value is -1.66. The van der Waals surface area contributed by atoms with Crippen LogP contribution in [0.25, 0.3) is 0 Å². The second-order valence-corrected chi connectivity index (χ2v) is 29.5. The van der Waals surface area contributed by atoms with Crippen LogP contribution in [0, 0.1) is 0 Å². The van der Waals surface area contributed by atoms with Crippen molar-refractivity contribution in [1.29, 1.82) is 0 Å². The summed E-state index contributed by atoms with van der Waals surface area (Å²) in [5, 5.41) is 23.3. The lowest BCUT2D eigenvalue weighted by molar-refractivity contribution is -0.143. The first-order chi connectivity index (χ1) is 45.5. The maximum absolute atomic E-state index is 12.6. The summed E-state index contributed by atoms with van der Waals surface area (Å²) in [5.74, 6) is -0.0343. The number of esters is 1. The second-order valence-electron chi connectivity index (χ2n) is 29.5. The number of nitrogens with one attached hydrogen (secondary N) is 1. The molecule has 1 amide bonds. The molecule has 2 atom stereocenters. The molecule has 0 saturated heterocycles. The molecule has 0 aliphatic carbocycles. The fourth-order valence-electron chi connectivity index (χ4n) is 13.8. The third-order valence-electron chi connectivity index (χ3n) is 20.2. The molecule has 0 fully saturated rings. The van der Waals surface area contributed by atoms with Crippen LogP contribution in [0.15, 0.2) is 24.3 Å². The normalized spacial score (nSPS) is 12.5. The highest BCUT2D eigenvalue weighted by atomic mass is 16.5. The predicted molar refractivity (Wildman–Crippen MR) is 407 cm³/mol. The minimum absolute atomic E-state index is 0.0232. The van der Waals surface area contributed by atoms with Gasteiger partial charge in [0, 0.05) is 12.8 Å². The smallest absolute Gasteiger partial charge is 0.305 e. The monoisotopic (exact) mass is 1290 g/mol. The number of aliphatic hydroxyl groups is 2. The molecule has 0 aliphatic heterocycles. The van der Waals surface area contributed by atoms with E-state index in [0.29, 0.717) is 19.4 Å². The van der Waals surface area contributed by atoms with Crippen molar-refractivity contribution in [1.82, 2.24) is 5.32 Å². The first-order valence-electron chi connectivity index (χ1n) is 42.6. The molecule has 0 aliphatic rings. The molecule has 546 valence electrons. The van der Waals surface area contributed by atoms with Crippen LogP contribution in [0.5, 0.6) is 0 Å². The summed E-state index contributed by atoms with van der Waals surface area (Å²) in [7, 11) is 0. The first-order valence-corrected chi connectivity index (χ1v) is 42.6. The van der Waals surface area contributed by atoms with Crippen LogP contribution in [0.1, 0.15) is 489 Å². The van der Waals surface area contributed by atoms with Crippen LogP contribution in [0.3, 0.4) is 0 Å². The third-order valence-corrected chi connectivity index (χ3v) is 20.2. The van der Waals surface area contributed by atoms with Gasteiger partial charge >= 0.3 is 5.97 Å². The van der Waals surface area contributed by atoms with Gasteiger partial charge in [0.1, 0.15) is 0 Å². The summed E-state index contributed by atoms with van der Waals surface area (Å²) in [4.78, 5) is 24.7. The Bertz CT molecular complexity index is 1450. The molecule has 6 nitrogen and oxygen atoms in total. The zero-order chi connectivity index (χ0) is 66.3. The van der Waals surface area contributed by atoms with Crippen molar-refractivity contribution in [2.45, 2.75) is 501 Å². The second kappa shape index (κ2) is 81.8. The predicted octanol–water partition coefficient (Wildman–Crippen LogP) is 28.4. The number of carbonyl (C=O) groups excluding carboxylic acids is 2. The largest absolute Gasteiger partial charge is 0.466 e. The average Bonchev–Trinajstić information content (AvgIpc) is 3.75. The van der Waals surface area contributed by atoms with Crippen molar-refractivity contribution in [3.8, 4) is 0 Å². The average molecular weight is 1300 g/mol. The first kappa shape index (κ1) is 90.3. The van der Waals surface area contributed by atoms with E-state index in [1.54, 1.807) is 6.08 Å². The lowest BCUT2D eigenvalue weighted by atomic mass is 10.0. The number of hydrogen-bond donors (Lipinski definition) is 3. The lowest BCUT2D eigenvalue weighted by Gasteiger charge is -2.20. The lowest BCUT2D eigenvalue weighted by Crippen LogP contribution is -2.45. The molecule has 6 heteroatoms. The molecule has 0 aromatic heterocycles. The quantitative estimate of drug-likeness (QED) is 0.0320. The molecule has 0 rings (SSSR count). The van der Waals surface area contributed by atoms with E-state index in [0.717, 1.165) is 38.5 Å². The Labute approximate surface area is 577 Å². The number of amides is 1. The number of ether oxygens (including phenoxy) is 1. The Morgan fingerprint density at radius 3 is 0.772 bits per heavy atom. The van der Waals surface area contributed by atoms with E-state index in [4.69, 9.17) is 4.74 Å². The van der Waals surface area contributed by atoms with Crippen molar-refractivity contribution in [2.75, 3.05) is 13.2 Å². The van der Waals surface area contributed by atoms with E-state index in [1.807, 2.05) is 6.08 Å². The van der Waals surface area contributed by atoms with Crippen LogP contribution in [0.2, 0.25) is 0 Å². The summed E-state index contributed by atoms with van der Waals surface area (Å²) < 4.78 is 5.52. The molecule has 0 spiro atoms. The third kappa shape index (κ3) is 77.3. The van der Waals surface area contributed by atoms with Crippen LogP contribution < -0.4 is 5.32 Å². The Morgan fingerprint density at radius 1 is 0.293 bits per heavy atom. The van der Waals surface area contributed by atoms with Crippen LogP contribution in [-0.4, -0.2) is 47.4 Å². The minimum Gasteiger partial charge on any atom is -0.466 e. The van der Waals surface area contributed by atoms with Crippen molar-refractivity contribution >= 4 is 11.9 Å². The molecule has 2 unspecified atom stereocenters. The van der Waals surface area contributed by atoms with E-state index in [1.165, 1.54) is 424 Å². The molecule has 92 heavy (non-hydrogen) atoms. The number of unbranched alkanes of at least 4 members (excludes halogenated alkanes) is 68. The molecule has 0 saturated carbocycles. The zero-order valence-corrected chi connectivity index (χ0v) is 62.8. The maximum Gasteiger partial charge on any atom is 0.305 e. The summed E-state index contributed by atoms with van der Waals surface area (Å²) in [6, 6.07) is -0.625. The Balaban J connectivity index is 3.32. The van der Waals surface area contributed by atoms with Gasteiger partial charge in [-0.1, -0.05) is 443 Å². The SMILES string of the molecule is CCCCCCCC/C=C\CCCCCCCCCCCC(=O)OCCCCCCCCCCCCCCCCCCCCCCCCCCCCCCCCCCCCCC(=O)NC(CO)C(O)/C=C/CCCCCCCCCCCCCCCCCCCCC. The Kier molecular flexibility index (Phi) is 80.3. The highest BCUT2D eigenvalue weighted by Crippen LogP contribution is 2.21. The van der Waals surface area contributed by atoms with Gasteiger partial charge in [-0.3, -0.25) is 9.59 Å². The van der Waals surface area contributed by atoms with Gasteiger partial charge in [-0.2, -0.15) is 0 Å². The fourth-order valence-corrected chi connectivity index (χ4v) is 13.8. The van der Waals surface area contributed by atoms with Crippen LogP contribution in [-0.2, 0) is 14.3 Å². The minimum atomic E-state index is -0.842. The summed E-state index contributed by atoms with van der Waals surface area (Å²) in [5.41, 5.74) is 0. The maximum atomic E-state index is 12.6. The molecule has 0 heterocycles. The van der Waals surface area contributed by atoms with Gasteiger partial charge in [0.25, 0.3) is 0 Å². The van der Waals surface area contributed by atoms with E-state index >= 15 is 0 Å². The van der Waals surface area contributed by atoms with Crippen LogP contribution >= 0.6 is 0 Å². The van der Waals surface area contributed by atoms with Crippen molar-refractivity contribution in [2.24, 2.45) is 0 Å². The van der Waals surface area contributed by atoms with Gasteiger partial charge < -0.3 is 20.3 Å². The summed E-state index contributed by atoms with van der Waals surface area (Å²) >= 11 is 0. The number of hydrogen-bond acceptors (Lipinski definition) is 5. The number of allylic oxidation sites excluding steroid dienone is 3. The molecule has 0 aromatic carbocycles. The van der Waals surface area contributed by atoms with E-state index in [2.05, 4.69) is 31.3 Å². The van der Waals surface area contributed by atoms with Gasteiger partial charge in [0.05, 0.1) is 25.4 Å². The van der Waals surface area contributed by atoms with Gasteiger partial charge in [-0.25, -0.2) is 0 Å². The number of rotatable bonds is 81. The summed E-state index contributed by atoms with van der Waals surface area (Å²) in [6.45, 7) is 4.96. The molecule has 0 radical (unpaired) electrons. The highest BCUT2D eigenvalue weighted by Gasteiger charge is 2.18. The van der Waals surface area contributed by atoms with Crippen LogP contribution in [0.4, 0.5) is 0 Å². The fraction of sp³-hybridized carbons (Fsp3) is 0.930. The van der Waals surface area contributed by atoms with Gasteiger partial charge in [-0.05, 0) is 57.8 Å². The van der Waals surface area contributed by atoms with Gasteiger partial charge in [-0.15, -0.1) is 0 Å². The molecule has 3 N–H and O–H groups in total. The van der Waals surface area contributed by atoms with Gasteiger partial charge in [0.2, 0.25) is 5.91 Å². The standard InChI is InChI=1S/C86H167NO5/c1-3-5-7-9-11-13-15-17-19-21-23-39-43-46-50-54-58-62-66-70-74-78-84(89)83(82-88)87-85(90)79-75-71-67-63-59-55-51-47-44-40-37-35-33-31-29-27-25-24-26-28-30-32-34-36-38-41-45-49-53-57-61-65-69-73-77-81-92-86(91)80-76-72-68-64-60-56-52-48-42-22-20-18-16-14-12-10-8-6-4-2/h18,20,74,78,83-84,88-89H,3-17,19,21-73,75-77,79-82H2,1-2H3,(H,87,90)/b20-18-,78-74+. The Morgan fingerprint density at radius 2 is 0.511 bits per heavy atom.